The van der Waals surface area contributed by atoms with Crippen molar-refractivity contribution >= 4 is 22.7 Å². The van der Waals surface area contributed by atoms with Crippen LogP contribution in [-0.4, -0.2) is 28.1 Å². The average molecular weight is 246 g/mol. The van der Waals surface area contributed by atoms with Gasteiger partial charge in [-0.1, -0.05) is 6.07 Å². The maximum Gasteiger partial charge on any atom is 0.379 e. The number of aryl methyl sites for hydroxylation is 2. The van der Waals surface area contributed by atoms with Crippen LogP contribution in [0, 0.1) is 6.92 Å². The Morgan fingerprint density at radius 1 is 1.39 bits per heavy atom. The summed E-state index contributed by atoms with van der Waals surface area (Å²) in [7, 11) is 1.80. The highest BCUT2D eigenvalue weighted by molar-refractivity contribution is 6.43. The van der Waals surface area contributed by atoms with Crippen LogP contribution < -0.4 is 0 Å². The van der Waals surface area contributed by atoms with E-state index >= 15 is 0 Å². The second-order valence-corrected chi connectivity index (χ2v) is 3.96. The number of Topliss-reactive ketones (excluding diaryl/α,β-unsaturated/α-hetero) is 1. The highest BCUT2D eigenvalue weighted by Crippen LogP contribution is 2.22. The summed E-state index contributed by atoms with van der Waals surface area (Å²) >= 11 is 0. The van der Waals surface area contributed by atoms with E-state index in [1.807, 2.05) is 13.0 Å². The molecule has 0 unspecified atom stereocenters. The van der Waals surface area contributed by atoms with Crippen molar-refractivity contribution in [2.24, 2.45) is 7.05 Å². The molecule has 0 N–H and O–H groups in total. The first-order chi connectivity index (χ1) is 8.56. The van der Waals surface area contributed by atoms with E-state index in [0.717, 1.165) is 11.2 Å². The van der Waals surface area contributed by atoms with Crippen molar-refractivity contribution in [1.82, 2.24) is 9.78 Å². The van der Waals surface area contributed by atoms with E-state index in [1.54, 1.807) is 30.8 Å². The van der Waals surface area contributed by atoms with Gasteiger partial charge in [0.15, 0.2) is 0 Å². The average Bonchev–Trinajstić information content (AvgIpc) is 2.65. The molecule has 94 valence electrons. The van der Waals surface area contributed by atoms with Crippen LogP contribution in [0.3, 0.4) is 0 Å². The maximum atomic E-state index is 12.0. The number of fused-ring (bicyclic) bond motifs is 1. The lowest BCUT2D eigenvalue weighted by molar-refractivity contribution is -0.137. The minimum absolute atomic E-state index is 0.187. The Bertz CT molecular complexity index is 628. The number of hydrogen-bond donors (Lipinski definition) is 0. The van der Waals surface area contributed by atoms with Crippen LogP contribution in [0.4, 0.5) is 0 Å². The van der Waals surface area contributed by atoms with Crippen LogP contribution in [-0.2, 0) is 16.6 Å². The zero-order valence-corrected chi connectivity index (χ0v) is 10.6. The van der Waals surface area contributed by atoms with Crippen LogP contribution in [0.5, 0.6) is 0 Å². The van der Waals surface area contributed by atoms with Gasteiger partial charge < -0.3 is 4.74 Å². The molecular weight excluding hydrogens is 232 g/mol. The van der Waals surface area contributed by atoms with E-state index in [2.05, 4.69) is 5.10 Å². The molecule has 0 aliphatic carbocycles. The summed E-state index contributed by atoms with van der Waals surface area (Å²) in [5.74, 6) is -1.45. The zero-order chi connectivity index (χ0) is 13.3. The number of aromatic nitrogens is 2. The highest BCUT2D eigenvalue weighted by atomic mass is 16.5. The van der Waals surface area contributed by atoms with Gasteiger partial charge in [-0.15, -0.1) is 0 Å². The van der Waals surface area contributed by atoms with Crippen LogP contribution in [0.25, 0.3) is 10.9 Å². The van der Waals surface area contributed by atoms with Crippen molar-refractivity contribution in [1.29, 1.82) is 0 Å². The molecule has 0 aliphatic heterocycles. The fourth-order valence-corrected chi connectivity index (χ4v) is 2.01. The predicted molar refractivity (Wildman–Crippen MR) is 66.4 cm³/mol. The molecule has 0 bridgehead atoms. The van der Waals surface area contributed by atoms with Gasteiger partial charge >= 0.3 is 5.97 Å². The number of ketones is 1. The van der Waals surface area contributed by atoms with Gasteiger partial charge in [0.25, 0.3) is 5.78 Å². The molecule has 0 radical (unpaired) electrons. The topological polar surface area (TPSA) is 61.2 Å². The first-order valence-electron chi connectivity index (χ1n) is 5.70. The molecule has 0 fully saturated rings. The van der Waals surface area contributed by atoms with Crippen molar-refractivity contribution in [3.05, 3.63) is 29.5 Å². The van der Waals surface area contributed by atoms with Crippen molar-refractivity contribution in [3.63, 3.8) is 0 Å². The normalized spacial score (nSPS) is 10.6. The van der Waals surface area contributed by atoms with E-state index in [-0.39, 0.29) is 6.61 Å². The lowest BCUT2D eigenvalue weighted by Gasteiger charge is -2.03. The van der Waals surface area contributed by atoms with Gasteiger partial charge in [0, 0.05) is 18.0 Å². The van der Waals surface area contributed by atoms with Crippen molar-refractivity contribution in [2.45, 2.75) is 13.8 Å². The Morgan fingerprint density at radius 3 is 2.78 bits per heavy atom. The minimum Gasteiger partial charge on any atom is -0.460 e. The summed E-state index contributed by atoms with van der Waals surface area (Å²) in [5.41, 5.74) is 1.89. The fourth-order valence-electron chi connectivity index (χ4n) is 2.01. The first-order valence-corrected chi connectivity index (χ1v) is 5.70. The Labute approximate surface area is 104 Å². The van der Waals surface area contributed by atoms with Gasteiger partial charge in [0.1, 0.15) is 0 Å². The first kappa shape index (κ1) is 12.3. The van der Waals surface area contributed by atoms with E-state index in [4.69, 9.17) is 4.74 Å². The monoisotopic (exact) mass is 246 g/mol. The molecule has 0 atom stereocenters. The smallest absolute Gasteiger partial charge is 0.379 e. The van der Waals surface area contributed by atoms with Gasteiger partial charge in [0.05, 0.1) is 17.8 Å². The number of esters is 1. The van der Waals surface area contributed by atoms with Gasteiger partial charge in [-0.2, -0.15) is 5.10 Å². The number of carbonyl (C=O) groups excluding carboxylic acids is 2. The summed E-state index contributed by atoms with van der Waals surface area (Å²) in [6.07, 6.45) is 0. The predicted octanol–water partition coefficient (Wildman–Crippen LogP) is 1.63. The van der Waals surface area contributed by atoms with Crippen LogP contribution in [0.2, 0.25) is 0 Å². The summed E-state index contributed by atoms with van der Waals surface area (Å²) in [6.45, 7) is 3.66. The lowest BCUT2D eigenvalue weighted by Crippen LogP contribution is -2.17. The molecule has 0 aliphatic rings. The molecule has 1 aromatic heterocycles. The maximum absolute atomic E-state index is 12.0. The molecule has 1 heterocycles. The van der Waals surface area contributed by atoms with Crippen LogP contribution in [0.1, 0.15) is 23.0 Å². The van der Waals surface area contributed by atoms with E-state index in [0.29, 0.717) is 10.9 Å². The molecule has 18 heavy (non-hydrogen) atoms. The molecule has 2 rings (SSSR count). The van der Waals surface area contributed by atoms with Gasteiger partial charge in [-0.25, -0.2) is 4.79 Å². The third kappa shape index (κ3) is 1.88. The Balaban J connectivity index is 2.58. The largest absolute Gasteiger partial charge is 0.460 e. The summed E-state index contributed by atoms with van der Waals surface area (Å²) in [4.78, 5) is 23.5. The Kier molecular flexibility index (Phi) is 3.14. The summed E-state index contributed by atoms with van der Waals surface area (Å²) in [5, 5.41) is 4.96. The zero-order valence-electron chi connectivity index (χ0n) is 10.6. The third-order valence-electron chi connectivity index (χ3n) is 2.76. The van der Waals surface area contributed by atoms with Crippen molar-refractivity contribution in [3.8, 4) is 0 Å². The number of benzene rings is 1. The molecule has 2 aromatic rings. The van der Waals surface area contributed by atoms with Crippen LogP contribution >= 0.6 is 0 Å². The number of carbonyl (C=O) groups is 2. The Morgan fingerprint density at radius 2 is 2.11 bits per heavy atom. The lowest BCUT2D eigenvalue weighted by atomic mass is 10.0. The number of nitrogens with zero attached hydrogens (tertiary/aromatic N) is 2. The molecule has 0 amide bonds. The standard InChI is InChI=1S/C13H14N2O3/c1-4-18-13(17)12(16)9-6-5-7-10-11(9)8(2)14-15(10)3/h5-7H,4H2,1-3H3. The van der Waals surface area contributed by atoms with E-state index < -0.39 is 11.8 Å². The second kappa shape index (κ2) is 4.60. The minimum atomic E-state index is -0.826. The molecule has 0 spiro atoms. The molecule has 0 saturated heterocycles. The third-order valence-corrected chi connectivity index (χ3v) is 2.76. The molecule has 5 nitrogen and oxygen atoms in total. The highest BCUT2D eigenvalue weighted by Gasteiger charge is 2.22. The summed E-state index contributed by atoms with van der Waals surface area (Å²) in [6, 6.07) is 5.21. The fraction of sp³-hybridized carbons (Fsp3) is 0.308. The van der Waals surface area contributed by atoms with Crippen molar-refractivity contribution in [2.75, 3.05) is 6.61 Å². The van der Waals surface area contributed by atoms with E-state index in [9.17, 15) is 9.59 Å². The molecule has 1 aromatic carbocycles. The van der Waals surface area contributed by atoms with Gasteiger partial charge in [0.2, 0.25) is 0 Å². The number of rotatable bonds is 3. The second-order valence-electron chi connectivity index (χ2n) is 3.96. The van der Waals surface area contributed by atoms with Gasteiger partial charge in [-0.05, 0) is 26.0 Å². The molecule has 5 heteroatoms. The molecular formula is C13H14N2O3. The van der Waals surface area contributed by atoms with Gasteiger partial charge in [-0.3, -0.25) is 9.48 Å². The SMILES string of the molecule is CCOC(=O)C(=O)c1cccc2c1c(C)nn2C. The number of ether oxygens (including phenoxy) is 1. The van der Waals surface area contributed by atoms with Crippen LogP contribution in [0.15, 0.2) is 18.2 Å². The van der Waals surface area contributed by atoms with Crippen molar-refractivity contribution < 1.29 is 14.3 Å². The molecule has 0 saturated carbocycles. The van der Waals surface area contributed by atoms with E-state index in [1.165, 1.54) is 0 Å². The summed E-state index contributed by atoms with van der Waals surface area (Å²) < 4.78 is 6.43. The Hall–Kier alpha value is -2.17. The quantitative estimate of drug-likeness (QED) is 0.469. The number of hydrogen-bond acceptors (Lipinski definition) is 4.